The summed E-state index contributed by atoms with van der Waals surface area (Å²) in [7, 11) is 0. The maximum atomic E-state index is 10.1. The standard InChI is InChI=1S/C14H14N2O2/c15-9-7-11-10-3-1-2-4-12(10)16(5-6-17)14(11)13(18)8-9/h1-4,7-8,17-18H,5-6,15H2. The molecule has 0 unspecified atom stereocenters. The molecule has 0 bridgehead atoms. The van der Waals surface area contributed by atoms with E-state index in [2.05, 4.69) is 0 Å². The van der Waals surface area contributed by atoms with E-state index in [0.29, 0.717) is 12.2 Å². The Labute approximate surface area is 104 Å². The van der Waals surface area contributed by atoms with Crippen LogP contribution in [-0.4, -0.2) is 21.4 Å². The lowest BCUT2D eigenvalue weighted by molar-refractivity contribution is 0.279. The predicted octanol–water partition coefficient (Wildman–Crippen LogP) is 2.07. The second kappa shape index (κ2) is 3.92. The average molecular weight is 242 g/mol. The molecule has 0 saturated heterocycles. The van der Waals surface area contributed by atoms with Gasteiger partial charge in [0.2, 0.25) is 0 Å². The Bertz CT molecular complexity index is 731. The van der Waals surface area contributed by atoms with Gasteiger partial charge in [0, 0.05) is 34.6 Å². The zero-order valence-corrected chi connectivity index (χ0v) is 9.80. The highest BCUT2D eigenvalue weighted by atomic mass is 16.3. The van der Waals surface area contributed by atoms with Crippen LogP contribution in [0.5, 0.6) is 5.75 Å². The number of phenols is 1. The highest BCUT2D eigenvalue weighted by Gasteiger charge is 2.13. The fraction of sp³-hybridized carbons (Fsp3) is 0.143. The van der Waals surface area contributed by atoms with E-state index in [1.54, 1.807) is 0 Å². The molecule has 0 amide bonds. The van der Waals surface area contributed by atoms with Gasteiger partial charge in [-0.05, 0) is 12.1 Å². The van der Waals surface area contributed by atoms with E-state index < -0.39 is 0 Å². The molecule has 92 valence electrons. The Balaban J connectivity index is 2.53. The molecule has 1 heterocycles. The normalized spacial score (nSPS) is 11.4. The first kappa shape index (κ1) is 10.9. The number of nitrogen functional groups attached to an aromatic ring is 1. The van der Waals surface area contributed by atoms with Gasteiger partial charge in [-0.15, -0.1) is 0 Å². The molecule has 0 fully saturated rings. The van der Waals surface area contributed by atoms with Crippen molar-refractivity contribution in [2.75, 3.05) is 12.3 Å². The van der Waals surface area contributed by atoms with Gasteiger partial charge in [-0.1, -0.05) is 18.2 Å². The quantitative estimate of drug-likeness (QED) is 0.602. The maximum Gasteiger partial charge on any atom is 0.141 e. The summed E-state index contributed by atoms with van der Waals surface area (Å²) in [6.45, 7) is 0.471. The number of rotatable bonds is 2. The van der Waals surface area contributed by atoms with Crippen LogP contribution in [-0.2, 0) is 6.54 Å². The highest BCUT2D eigenvalue weighted by Crippen LogP contribution is 2.35. The fourth-order valence-corrected chi connectivity index (χ4v) is 2.52. The third kappa shape index (κ3) is 1.43. The number of aliphatic hydroxyl groups excluding tert-OH is 1. The van der Waals surface area contributed by atoms with Crippen molar-refractivity contribution in [1.82, 2.24) is 4.57 Å². The summed E-state index contributed by atoms with van der Waals surface area (Å²) in [5.74, 6) is 0.148. The number of phenolic OH excluding ortho intramolecular Hbond substituents is 1. The molecular formula is C14H14N2O2. The Kier molecular flexibility index (Phi) is 2.38. The molecule has 0 spiro atoms. The van der Waals surface area contributed by atoms with Crippen molar-refractivity contribution in [2.45, 2.75) is 6.54 Å². The Morgan fingerprint density at radius 1 is 1.11 bits per heavy atom. The molecule has 0 aliphatic heterocycles. The zero-order chi connectivity index (χ0) is 12.7. The molecule has 4 nitrogen and oxygen atoms in total. The summed E-state index contributed by atoms with van der Waals surface area (Å²) in [6.07, 6.45) is 0. The van der Waals surface area contributed by atoms with E-state index in [9.17, 15) is 10.2 Å². The minimum absolute atomic E-state index is 0.0254. The van der Waals surface area contributed by atoms with Gasteiger partial charge < -0.3 is 20.5 Å². The zero-order valence-electron chi connectivity index (χ0n) is 9.80. The van der Waals surface area contributed by atoms with Crippen LogP contribution in [0.4, 0.5) is 5.69 Å². The summed E-state index contributed by atoms with van der Waals surface area (Å²) in [6, 6.07) is 11.2. The lowest BCUT2D eigenvalue weighted by Crippen LogP contribution is -2.01. The van der Waals surface area contributed by atoms with Gasteiger partial charge in [-0.25, -0.2) is 0 Å². The molecule has 18 heavy (non-hydrogen) atoms. The summed E-state index contributed by atoms with van der Waals surface area (Å²) < 4.78 is 1.92. The van der Waals surface area contributed by atoms with Crippen LogP contribution in [0.15, 0.2) is 36.4 Å². The smallest absolute Gasteiger partial charge is 0.141 e. The molecular weight excluding hydrogens is 228 g/mol. The first-order valence-corrected chi connectivity index (χ1v) is 5.82. The van der Waals surface area contributed by atoms with Gasteiger partial charge in [0.25, 0.3) is 0 Å². The number of aliphatic hydroxyl groups is 1. The van der Waals surface area contributed by atoms with Crippen LogP contribution >= 0.6 is 0 Å². The molecule has 4 N–H and O–H groups in total. The van der Waals surface area contributed by atoms with Crippen molar-refractivity contribution < 1.29 is 10.2 Å². The summed E-state index contributed by atoms with van der Waals surface area (Å²) in [4.78, 5) is 0. The predicted molar refractivity (Wildman–Crippen MR) is 72.6 cm³/mol. The molecule has 2 aromatic carbocycles. The molecule has 3 aromatic rings. The summed E-state index contributed by atoms with van der Waals surface area (Å²) >= 11 is 0. The number of para-hydroxylation sites is 1. The van der Waals surface area contributed by atoms with Crippen molar-refractivity contribution in [3.05, 3.63) is 36.4 Å². The van der Waals surface area contributed by atoms with E-state index >= 15 is 0 Å². The second-order valence-corrected chi connectivity index (χ2v) is 4.33. The summed E-state index contributed by atoms with van der Waals surface area (Å²) in [5, 5.41) is 21.2. The second-order valence-electron chi connectivity index (χ2n) is 4.33. The Morgan fingerprint density at radius 2 is 1.89 bits per heavy atom. The number of fused-ring (bicyclic) bond motifs is 3. The molecule has 4 heteroatoms. The van der Waals surface area contributed by atoms with E-state index in [1.807, 2.05) is 34.9 Å². The first-order chi connectivity index (χ1) is 8.72. The molecule has 0 saturated carbocycles. The fourth-order valence-electron chi connectivity index (χ4n) is 2.52. The number of hydrogen-bond donors (Lipinski definition) is 3. The van der Waals surface area contributed by atoms with Crippen molar-refractivity contribution in [3.63, 3.8) is 0 Å². The third-order valence-corrected chi connectivity index (χ3v) is 3.19. The maximum absolute atomic E-state index is 10.1. The van der Waals surface area contributed by atoms with E-state index in [0.717, 1.165) is 21.8 Å². The van der Waals surface area contributed by atoms with Crippen LogP contribution in [0.2, 0.25) is 0 Å². The van der Waals surface area contributed by atoms with Gasteiger partial charge in [0.05, 0.1) is 12.1 Å². The SMILES string of the molecule is Nc1cc(O)c2c(c1)c1ccccc1n2CCO. The van der Waals surface area contributed by atoms with E-state index in [-0.39, 0.29) is 12.4 Å². The lowest BCUT2D eigenvalue weighted by atomic mass is 10.1. The number of aromatic nitrogens is 1. The average Bonchev–Trinajstić information content (AvgIpc) is 2.65. The summed E-state index contributed by atoms with van der Waals surface area (Å²) in [5.41, 5.74) is 8.02. The first-order valence-electron chi connectivity index (χ1n) is 5.82. The van der Waals surface area contributed by atoms with Crippen molar-refractivity contribution in [3.8, 4) is 5.75 Å². The van der Waals surface area contributed by atoms with Crippen molar-refractivity contribution in [1.29, 1.82) is 0 Å². The topological polar surface area (TPSA) is 71.4 Å². The number of nitrogens with zero attached hydrogens (tertiary/aromatic N) is 1. The van der Waals surface area contributed by atoms with Crippen LogP contribution < -0.4 is 5.73 Å². The lowest BCUT2D eigenvalue weighted by Gasteiger charge is -2.06. The highest BCUT2D eigenvalue weighted by molar-refractivity contribution is 6.11. The van der Waals surface area contributed by atoms with Crippen molar-refractivity contribution in [2.24, 2.45) is 0 Å². The molecule has 3 rings (SSSR count). The third-order valence-electron chi connectivity index (χ3n) is 3.19. The number of aromatic hydroxyl groups is 1. The monoisotopic (exact) mass is 242 g/mol. The Hall–Kier alpha value is -2.20. The largest absolute Gasteiger partial charge is 0.506 e. The van der Waals surface area contributed by atoms with Gasteiger partial charge in [0.15, 0.2) is 0 Å². The van der Waals surface area contributed by atoms with Crippen LogP contribution in [0, 0.1) is 0 Å². The van der Waals surface area contributed by atoms with Crippen LogP contribution in [0.1, 0.15) is 0 Å². The van der Waals surface area contributed by atoms with E-state index in [1.165, 1.54) is 6.07 Å². The van der Waals surface area contributed by atoms with Gasteiger partial charge in [0.1, 0.15) is 5.75 Å². The van der Waals surface area contributed by atoms with Gasteiger partial charge in [-0.2, -0.15) is 0 Å². The number of benzene rings is 2. The van der Waals surface area contributed by atoms with Crippen molar-refractivity contribution >= 4 is 27.5 Å². The number of anilines is 1. The van der Waals surface area contributed by atoms with Crippen LogP contribution in [0.25, 0.3) is 21.8 Å². The molecule has 0 aliphatic carbocycles. The minimum Gasteiger partial charge on any atom is -0.506 e. The van der Waals surface area contributed by atoms with Crippen LogP contribution in [0.3, 0.4) is 0 Å². The number of nitrogens with two attached hydrogens (primary N) is 1. The van der Waals surface area contributed by atoms with Gasteiger partial charge >= 0.3 is 0 Å². The molecule has 0 atom stereocenters. The molecule has 0 radical (unpaired) electrons. The van der Waals surface area contributed by atoms with E-state index in [4.69, 9.17) is 5.73 Å². The molecule has 1 aromatic heterocycles. The molecule has 0 aliphatic rings. The Morgan fingerprint density at radius 3 is 2.67 bits per heavy atom. The van der Waals surface area contributed by atoms with Gasteiger partial charge in [-0.3, -0.25) is 0 Å². The minimum atomic E-state index is 0.0254. The number of hydrogen-bond acceptors (Lipinski definition) is 3.